The van der Waals surface area contributed by atoms with Crippen molar-refractivity contribution in [2.45, 2.75) is 38.8 Å². The largest absolute Gasteiger partial charge is 0.386 e. The van der Waals surface area contributed by atoms with Gasteiger partial charge in [0.15, 0.2) is 0 Å². The number of aliphatic hydroxyl groups excluding tert-OH is 1. The molecule has 2 heterocycles. The highest BCUT2D eigenvalue weighted by atomic mass is 35.5. The molecule has 1 amide bonds. The number of halogens is 1. The molecule has 3 rings (SSSR count). The molecule has 0 fully saturated rings. The molecule has 0 spiro atoms. The average molecular weight is 389 g/mol. The highest BCUT2D eigenvalue weighted by Crippen LogP contribution is 2.28. The van der Waals surface area contributed by atoms with Gasteiger partial charge >= 0.3 is 5.69 Å². The fourth-order valence-electron chi connectivity index (χ4n) is 3.16. The lowest BCUT2D eigenvalue weighted by Gasteiger charge is -2.25. The Morgan fingerprint density at radius 1 is 1.33 bits per heavy atom. The molecule has 142 valence electrons. The molecule has 2 atom stereocenters. The Hall–Kier alpha value is -2.64. The summed E-state index contributed by atoms with van der Waals surface area (Å²) in [6, 6.07) is 4.82. The molecular weight excluding hydrogens is 368 g/mol. The molecule has 0 aliphatic carbocycles. The van der Waals surface area contributed by atoms with Crippen molar-refractivity contribution in [1.82, 2.24) is 20.3 Å². The summed E-state index contributed by atoms with van der Waals surface area (Å²) < 4.78 is 0. The number of aromatic nitrogens is 3. The Kier molecular flexibility index (Phi) is 5.62. The molecule has 0 aliphatic heterocycles. The zero-order valence-corrected chi connectivity index (χ0v) is 15.8. The number of benzene rings is 1. The number of H-pyrrole nitrogens is 2. The molecule has 0 bridgehead atoms. The smallest absolute Gasteiger partial charge is 0.323 e. The number of hydrogen-bond acceptors (Lipinski definition) is 4. The first-order chi connectivity index (χ1) is 12.9. The Labute approximate surface area is 160 Å². The van der Waals surface area contributed by atoms with Crippen molar-refractivity contribution in [1.29, 1.82) is 0 Å². The quantitative estimate of drug-likeness (QED) is 0.520. The van der Waals surface area contributed by atoms with Crippen LogP contribution >= 0.6 is 11.6 Å². The lowest BCUT2D eigenvalue weighted by atomic mass is 9.95. The van der Waals surface area contributed by atoms with E-state index in [-0.39, 0.29) is 5.56 Å². The van der Waals surface area contributed by atoms with Crippen LogP contribution in [-0.2, 0) is 0 Å². The van der Waals surface area contributed by atoms with E-state index in [2.05, 4.69) is 20.3 Å². The predicted octanol–water partition coefficient (Wildman–Crippen LogP) is 2.85. The number of fused-ring (bicyclic) bond motifs is 1. The van der Waals surface area contributed by atoms with Crippen molar-refractivity contribution in [3.63, 3.8) is 0 Å². The monoisotopic (exact) mass is 388 g/mol. The molecule has 27 heavy (non-hydrogen) atoms. The van der Waals surface area contributed by atoms with E-state index >= 15 is 0 Å². The van der Waals surface area contributed by atoms with Gasteiger partial charge in [0.1, 0.15) is 0 Å². The zero-order valence-electron chi connectivity index (χ0n) is 15.0. The molecule has 8 heteroatoms. The molecule has 0 radical (unpaired) electrons. The number of imidazole rings is 1. The third-order valence-electron chi connectivity index (χ3n) is 4.60. The number of aliphatic hydroxyl groups is 1. The van der Waals surface area contributed by atoms with Crippen molar-refractivity contribution in [3.8, 4) is 0 Å². The van der Waals surface area contributed by atoms with Crippen molar-refractivity contribution in [3.05, 3.63) is 62.8 Å². The molecule has 0 aliphatic rings. The number of rotatable bonds is 6. The van der Waals surface area contributed by atoms with Crippen LogP contribution in [0.1, 0.15) is 47.4 Å². The minimum absolute atomic E-state index is 0.238. The number of carbonyl (C=O) groups excluding carboxylic acids is 1. The second-order valence-corrected chi connectivity index (χ2v) is 6.86. The van der Waals surface area contributed by atoms with Gasteiger partial charge < -0.3 is 20.4 Å². The van der Waals surface area contributed by atoms with Gasteiger partial charge in [-0.15, -0.1) is 0 Å². The van der Waals surface area contributed by atoms with Gasteiger partial charge in [0.2, 0.25) is 0 Å². The third kappa shape index (κ3) is 3.89. The van der Waals surface area contributed by atoms with Crippen molar-refractivity contribution < 1.29 is 9.90 Å². The standard InChI is InChI=1S/C19H21ClN4O3/c1-3-5-14(17(25)11-6-4-7-13(20)10(11)2)22-18(26)12-8-21-9-15-16(12)24-19(27)23-15/h4,6-9,14,17,25H,3,5H2,1-2H3,(H,22,26)(H2,23,24,27)/t14-,17+/m1/s1. The van der Waals surface area contributed by atoms with E-state index < -0.39 is 23.7 Å². The van der Waals surface area contributed by atoms with Gasteiger partial charge in [0.05, 0.1) is 34.9 Å². The molecule has 0 unspecified atom stereocenters. The molecule has 7 nitrogen and oxygen atoms in total. The Morgan fingerprint density at radius 3 is 2.85 bits per heavy atom. The fourth-order valence-corrected chi connectivity index (χ4v) is 3.34. The van der Waals surface area contributed by atoms with Crippen LogP contribution in [0.25, 0.3) is 11.0 Å². The highest BCUT2D eigenvalue weighted by molar-refractivity contribution is 6.31. The molecule has 3 aromatic rings. The summed E-state index contributed by atoms with van der Waals surface area (Å²) >= 11 is 6.17. The number of aromatic amines is 2. The van der Waals surface area contributed by atoms with Crippen molar-refractivity contribution in [2.24, 2.45) is 0 Å². The Bertz CT molecular complexity index is 1030. The zero-order chi connectivity index (χ0) is 19.6. The van der Waals surface area contributed by atoms with Crippen LogP contribution in [0.15, 0.2) is 35.4 Å². The van der Waals surface area contributed by atoms with Crippen LogP contribution in [0, 0.1) is 6.92 Å². The highest BCUT2D eigenvalue weighted by Gasteiger charge is 2.25. The average Bonchev–Trinajstić information content (AvgIpc) is 3.03. The Morgan fingerprint density at radius 2 is 2.11 bits per heavy atom. The van der Waals surface area contributed by atoms with Gasteiger partial charge in [-0.3, -0.25) is 9.78 Å². The summed E-state index contributed by atoms with van der Waals surface area (Å²) in [6.07, 6.45) is 3.29. The first-order valence-corrected chi connectivity index (χ1v) is 9.10. The number of pyridine rings is 1. The maximum Gasteiger partial charge on any atom is 0.323 e. The molecule has 0 saturated heterocycles. The topological polar surface area (TPSA) is 111 Å². The summed E-state index contributed by atoms with van der Waals surface area (Å²) in [5.41, 5.74) is 2.12. The minimum Gasteiger partial charge on any atom is -0.386 e. The second kappa shape index (κ2) is 7.94. The van der Waals surface area contributed by atoms with Gasteiger partial charge in [-0.25, -0.2) is 4.79 Å². The molecule has 2 aromatic heterocycles. The maximum absolute atomic E-state index is 12.8. The van der Waals surface area contributed by atoms with Crippen LogP contribution < -0.4 is 11.0 Å². The fraction of sp³-hybridized carbons (Fsp3) is 0.316. The van der Waals surface area contributed by atoms with Gasteiger partial charge in [-0.05, 0) is 30.5 Å². The van der Waals surface area contributed by atoms with E-state index in [1.54, 1.807) is 18.2 Å². The number of nitrogens with one attached hydrogen (secondary N) is 3. The molecule has 4 N–H and O–H groups in total. The molecule has 0 saturated carbocycles. The number of carbonyl (C=O) groups is 1. The van der Waals surface area contributed by atoms with Crippen molar-refractivity contribution >= 4 is 28.5 Å². The number of nitrogens with zero attached hydrogens (tertiary/aromatic N) is 1. The minimum atomic E-state index is -0.912. The van der Waals surface area contributed by atoms with E-state index in [0.717, 1.165) is 12.0 Å². The SMILES string of the molecule is CCC[C@@H](NC(=O)c1cncc2[nH]c(=O)[nH]c12)[C@@H](O)c1cccc(Cl)c1C. The van der Waals surface area contributed by atoms with E-state index in [1.165, 1.54) is 12.4 Å². The number of amides is 1. The lowest BCUT2D eigenvalue weighted by Crippen LogP contribution is -2.39. The third-order valence-corrected chi connectivity index (χ3v) is 5.01. The first kappa shape index (κ1) is 19.1. The maximum atomic E-state index is 12.8. The molecular formula is C19H21ClN4O3. The summed E-state index contributed by atoms with van der Waals surface area (Å²) in [5, 5.41) is 14.3. The summed E-state index contributed by atoms with van der Waals surface area (Å²) in [5.74, 6) is -0.416. The van der Waals surface area contributed by atoms with Crippen LogP contribution in [0.2, 0.25) is 5.02 Å². The van der Waals surface area contributed by atoms with Crippen molar-refractivity contribution in [2.75, 3.05) is 0 Å². The van der Waals surface area contributed by atoms with E-state index in [1.807, 2.05) is 13.8 Å². The summed E-state index contributed by atoms with van der Waals surface area (Å²) in [7, 11) is 0. The number of hydrogen-bond donors (Lipinski definition) is 4. The van der Waals surface area contributed by atoms with Gasteiger partial charge in [-0.2, -0.15) is 0 Å². The van der Waals surface area contributed by atoms with Gasteiger partial charge in [-0.1, -0.05) is 37.1 Å². The first-order valence-electron chi connectivity index (χ1n) is 8.72. The van der Waals surface area contributed by atoms with Crippen LogP contribution in [0.3, 0.4) is 0 Å². The summed E-state index contributed by atoms with van der Waals surface area (Å²) in [4.78, 5) is 33.5. The van der Waals surface area contributed by atoms with Gasteiger partial charge in [0.25, 0.3) is 5.91 Å². The van der Waals surface area contributed by atoms with Gasteiger partial charge in [0, 0.05) is 11.2 Å². The summed E-state index contributed by atoms with van der Waals surface area (Å²) in [6.45, 7) is 3.81. The van der Waals surface area contributed by atoms with Crippen LogP contribution in [0.5, 0.6) is 0 Å². The Balaban J connectivity index is 1.90. The second-order valence-electron chi connectivity index (χ2n) is 6.46. The lowest BCUT2D eigenvalue weighted by molar-refractivity contribution is 0.0819. The van der Waals surface area contributed by atoms with E-state index in [0.29, 0.717) is 28.0 Å². The molecule has 1 aromatic carbocycles. The predicted molar refractivity (Wildman–Crippen MR) is 104 cm³/mol. The van der Waals surface area contributed by atoms with E-state index in [9.17, 15) is 14.7 Å². The van der Waals surface area contributed by atoms with Crippen LogP contribution in [0.4, 0.5) is 0 Å². The normalized spacial score (nSPS) is 13.5. The van der Waals surface area contributed by atoms with Crippen LogP contribution in [-0.4, -0.2) is 32.0 Å². The van der Waals surface area contributed by atoms with E-state index in [4.69, 9.17) is 11.6 Å².